The fourth-order valence-electron chi connectivity index (χ4n) is 2.40. The molecule has 0 aliphatic heterocycles. The number of halogens is 2. The van der Waals surface area contributed by atoms with Crippen molar-refractivity contribution in [3.05, 3.63) is 53.6 Å². The molecule has 1 heterocycles. The highest BCUT2D eigenvalue weighted by atomic mass is 32.2. The zero-order valence-electron chi connectivity index (χ0n) is 15.1. The molecule has 0 N–H and O–H groups in total. The first-order chi connectivity index (χ1) is 13.1. The van der Waals surface area contributed by atoms with Gasteiger partial charge in [-0.3, -0.25) is 4.79 Å². The molecule has 0 fully saturated rings. The lowest BCUT2D eigenvalue weighted by atomic mass is 10.1. The summed E-state index contributed by atoms with van der Waals surface area (Å²) in [5, 5.41) is -0.513. The second kappa shape index (κ2) is 7.61. The largest absolute Gasteiger partial charge is 0.431 e. The number of thioether (sulfide) groups is 1. The van der Waals surface area contributed by atoms with Crippen LogP contribution in [0.25, 0.3) is 11.1 Å². The molecule has 3 aromatic rings. The Morgan fingerprint density at radius 1 is 1.14 bits per heavy atom. The van der Waals surface area contributed by atoms with Crippen molar-refractivity contribution in [3.63, 3.8) is 0 Å². The van der Waals surface area contributed by atoms with E-state index in [1.165, 1.54) is 38.4 Å². The second-order valence-electron chi connectivity index (χ2n) is 6.15. The summed E-state index contributed by atoms with van der Waals surface area (Å²) in [6.45, 7) is 1.59. The maximum absolute atomic E-state index is 13.3. The lowest BCUT2D eigenvalue weighted by Crippen LogP contribution is -2.22. The van der Waals surface area contributed by atoms with Crippen molar-refractivity contribution in [3.8, 4) is 0 Å². The molecule has 28 heavy (non-hydrogen) atoms. The second-order valence-corrected chi connectivity index (χ2v) is 9.59. The van der Waals surface area contributed by atoms with Crippen LogP contribution in [0.4, 0.5) is 8.78 Å². The van der Waals surface area contributed by atoms with Crippen molar-refractivity contribution in [2.24, 2.45) is 0 Å². The Morgan fingerprint density at radius 2 is 1.86 bits per heavy atom. The quantitative estimate of drug-likeness (QED) is 0.442. The molecule has 148 valence electrons. The van der Waals surface area contributed by atoms with Crippen molar-refractivity contribution in [2.75, 3.05) is 14.1 Å². The molecular weight excluding hydrogens is 410 g/mol. The predicted molar refractivity (Wildman–Crippen MR) is 101 cm³/mol. The van der Waals surface area contributed by atoms with Gasteiger partial charge in [0.2, 0.25) is 10.0 Å². The van der Waals surface area contributed by atoms with E-state index in [1.807, 2.05) is 0 Å². The Bertz CT molecular complexity index is 1160. The minimum absolute atomic E-state index is 0.0365. The number of oxazole rings is 1. The molecule has 0 saturated heterocycles. The zero-order valence-corrected chi connectivity index (χ0v) is 16.8. The van der Waals surface area contributed by atoms with Gasteiger partial charge < -0.3 is 4.42 Å². The van der Waals surface area contributed by atoms with Gasteiger partial charge in [0.05, 0.1) is 10.1 Å². The number of hydrogen-bond acceptors (Lipinski definition) is 6. The molecular formula is C18H16F2N2O4S2. The van der Waals surface area contributed by atoms with Crippen LogP contribution in [-0.2, 0) is 10.0 Å². The van der Waals surface area contributed by atoms with Crippen molar-refractivity contribution in [1.29, 1.82) is 0 Å². The molecule has 1 unspecified atom stereocenters. The lowest BCUT2D eigenvalue weighted by molar-refractivity contribution is 0.0993. The number of ketones is 1. The first-order valence-electron chi connectivity index (χ1n) is 8.08. The summed E-state index contributed by atoms with van der Waals surface area (Å²) in [5.41, 5.74) is 0.736. The third-order valence-electron chi connectivity index (χ3n) is 3.97. The zero-order chi connectivity index (χ0) is 20.6. The van der Waals surface area contributed by atoms with Crippen LogP contribution in [0.3, 0.4) is 0 Å². The molecule has 0 radical (unpaired) electrons. The Labute approximate surface area is 164 Å². The molecule has 10 heteroatoms. The van der Waals surface area contributed by atoms with Gasteiger partial charge in [0.1, 0.15) is 5.52 Å². The summed E-state index contributed by atoms with van der Waals surface area (Å²) in [5.74, 6) is -2.54. The summed E-state index contributed by atoms with van der Waals surface area (Å²) < 4.78 is 57.5. The van der Waals surface area contributed by atoms with Gasteiger partial charge in [0, 0.05) is 19.7 Å². The molecule has 0 amide bonds. The van der Waals surface area contributed by atoms with Crippen LogP contribution in [0.1, 0.15) is 17.3 Å². The van der Waals surface area contributed by atoms with Gasteiger partial charge in [0.15, 0.2) is 23.0 Å². The summed E-state index contributed by atoms with van der Waals surface area (Å²) >= 11 is 0.999. The van der Waals surface area contributed by atoms with Crippen molar-refractivity contribution in [1.82, 2.24) is 9.29 Å². The predicted octanol–water partition coefficient (Wildman–Crippen LogP) is 3.72. The van der Waals surface area contributed by atoms with Gasteiger partial charge >= 0.3 is 0 Å². The van der Waals surface area contributed by atoms with Crippen LogP contribution in [-0.4, -0.2) is 42.8 Å². The van der Waals surface area contributed by atoms with Gasteiger partial charge in [-0.25, -0.2) is 26.5 Å². The Balaban J connectivity index is 1.84. The van der Waals surface area contributed by atoms with Crippen molar-refractivity contribution in [2.45, 2.75) is 22.3 Å². The molecule has 1 atom stereocenters. The molecule has 0 saturated carbocycles. The number of nitrogens with zero attached hydrogens (tertiary/aromatic N) is 2. The highest BCUT2D eigenvalue weighted by molar-refractivity contribution is 8.00. The third kappa shape index (κ3) is 3.94. The fourth-order valence-corrected chi connectivity index (χ4v) is 4.15. The minimum atomic E-state index is -3.61. The van der Waals surface area contributed by atoms with Crippen LogP contribution in [0.15, 0.2) is 50.9 Å². The molecule has 0 spiro atoms. The molecule has 1 aromatic heterocycles. The number of fused-ring (bicyclic) bond motifs is 1. The summed E-state index contributed by atoms with van der Waals surface area (Å²) in [7, 11) is -0.763. The number of rotatable bonds is 6. The summed E-state index contributed by atoms with van der Waals surface area (Å²) in [6, 6.07) is 7.24. The van der Waals surface area contributed by atoms with E-state index in [4.69, 9.17) is 4.42 Å². The van der Waals surface area contributed by atoms with E-state index < -0.39 is 32.7 Å². The average molecular weight is 426 g/mol. The molecule has 2 aromatic carbocycles. The van der Waals surface area contributed by atoms with E-state index in [0.29, 0.717) is 11.1 Å². The molecule has 6 nitrogen and oxygen atoms in total. The van der Waals surface area contributed by atoms with E-state index in [-0.39, 0.29) is 15.7 Å². The van der Waals surface area contributed by atoms with E-state index in [1.54, 1.807) is 6.92 Å². The van der Waals surface area contributed by atoms with Gasteiger partial charge in [0.25, 0.3) is 5.22 Å². The standard InChI is InChI=1S/C18H16F2N2O4S2/c1-10(17(23)11-4-6-13(19)14(20)8-11)27-18-21-15-9-12(5-7-16(15)26-18)28(24,25)22(2)3/h4-10H,1-3H3. The van der Waals surface area contributed by atoms with Crippen molar-refractivity contribution >= 4 is 38.7 Å². The Kier molecular flexibility index (Phi) is 5.55. The number of sulfonamides is 1. The van der Waals surface area contributed by atoms with E-state index in [0.717, 1.165) is 28.2 Å². The monoisotopic (exact) mass is 426 g/mol. The molecule has 0 aliphatic rings. The first kappa shape index (κ1) is 20.4. The van der Waals surface area contributed by atoms with Crippen LogP contribution in [0.5, 0.6) is 0 Å². The fraction of sp³-hybridized carbons (Fsp3) is 0.222. The summed E-state index contributed by atoms with van der Waals surface area (Å²) in [6.07, 6.45) is 0. The Hall–Kier alpha value is -2.30. The number of carbonyl (C=O) groups is 1. The Morgan fingerprint density at radius 3 is 2.50 bits per heavy atom. The highest BCUT2D eigenvalue weighted by Gasteiger charge is 2.22. The van der Waals surface area contributed by atoms with Crippen LogP contribution in [0.2, 0.25) is 0 Å². The number of carbonyl (C=O) groups excluding carboxylic acids is 1. The normalized spacial score (nSPS) is 13.2. The van der Waals surface area contributed by atoms with E-state index in [2.05, 4.69) is 4.98 Å². The number of aromatic nitrogens is 1. The van der Waals surface area contributed by atoms with Crippen molar-refractivity contribution < 1.29 is 26.4 Å². The highest BCUT2D eigenvalue weighted by Crippen LogP contribution is 2.30. The van der Waals surface area contributed by atoms with Gasteiger partial charge in [-0.1, -0.05) is 11.8 Å². The molecule has 3 rings (SSSR count). The topological polar surface area (TPSA) is 80.5 Å². The summed E-state index contributed by atoms with van der Waals surface area (Å²) in [4.78, 5) is 16.7. The van der Waals surface area contributed by atoms with Crippen LogP contribution in [0, 0.1) is 11.6 Å². The third-order valence-corrected chi connectivity index (χ3v) is 6.72. The smallest absolute Gasteiger partial charge is 0.257 e. The van der Waals surface area contributed by atoms with Gasteiger partial charge in [-0.05, 0) is 43.3 Å². The maximum atomic E-state index is 13.3. The first-order valence-corrected chi connectivity index (χ1v) is 10.4. The van der Waals surface area contributed by atoms with E-state index in [9.17, 15) is 22.0 Å². The lowest BCUT2D eigenvalue weighted by Gasteiger charge is -2.10. The number of benzene rings is 2. The van der Waals surface area contributed by atoms with Gasteiger partial charge in [-0.15, -0.1) is 0 Å². The maximum Gasteiger partial charge on any atom is 0.257 e. The molecule has 0 bridgehead atoms. The van der Waals surface area contributed by atoms with Crippen LogP contribution < -0.4 is 0 Å². The SMILES string of the molecule is CC(Sc1nc2cc(S(=O)(=O)N(C)C)ccc2o1)C(=O)c1ccc(F)c(F)c1. The van der Waals surface area contributed by atoms with Crippen LogP contribution >= 0.6 is 11.8 Å². The minimum Gasteiger partial charge on any atom is -0.431 e. The number of Topliss-reactive ketones (excluding diaryl/α,β-unsaturated/α-hetero) is 1. The number of hydrogen-bond donors (Lipinski definition) is 0. The van der Waals surface area contributed by atoms with E-state index >= 15 is 0 Å². The molecule has 0 aliphatic carbocycles. The average Bonchev–Trinajstić information content (AvgIpc) is 3.04. The van der Waals surface area contributed by atoms with Gasteiger partial charge in [-0.2, -0.15) is 0 Å².